The molecule has 1 aromatic carbocycles. The highest BCUT2D eigenvalue weighted by Gasteiger charge is 2.30. The highest BCUT2D eigenvalue weighted by molar-refractivity contribution is 7.13. The molecule has 2 aliphatic rings. The van der Waals surface area contributed by atoms with E-state index in [1.165, 1.54) is 16.2 Å². The lowest BCUT2D eigenvalue weighted by atomic mass is 9.90. The molecule has 33 heavy (non-hydrogen) atoms. The van der Waals surface area contributed by atoms with E-state index >= 15 is 0 Å². The number of amides is 2. The summed E-state index contributed by atoms with van der Waals surface area (Å²) in [5.41, 5.74) is 2.41. The molecule has 0 saturated heterocycles. The number of nitrogens with zero attached hydrogens (tertiary/aromatic N) is 2. The molecule has 176 valence electrons. The van der Waals surface area contributed by atoms with Crippen LogP contribution in [0.3, 0.4) is 0 Å². The van der Waals surface area contributed by atoms with Gasteiger partial charge in [0.15, 0.2) is 5.01 Å². The summed E-state index contributed by atoms with van der Waals surface area (Å²) in [5, 5.41) is 8.33. The van der Waals surface area contributed by atoms with Gasteiger partial charge in [0.2, 0.25) is 0 Å². The number of hydrogen-bond acceptors (Lipinski definition) is 5. The summed E-state index contributed by atoms with van der Waals surface area (Å²) in [6.45, 7) is 1.81. The van der Waals surface area contributed by atoms with E-state index in [2.05, 4.69) is 32.5 Å². The van der Waals surface area contributed by atoms with Crippen molar-refractivity contribution in [3.63, 3.8) is 0 Å². The van der Waals surface area contributed by atoms with Crippen molar-refractivity contribution in [1.29, 1.82) is 0 Å². The first-order valence-corrected chi connectivity index (χ1v) is 12.2. The van der Waals surface area contributed by atoms with Gasteiger partial charge in [0.25, 0.3) is 11.8 Å². The number of aromatic amines is 1. The first kappa shape index (κ1) is 24.0. The van der Waals surface area contributed by atoms with Crippen LogP contribution in [0.4, 0.5) is 0 Å². The monoisotopic (exact) mass is 507 g/mol. The average molecular weight is 508 g/mol. The summed E-state index contributed by atoms with van der Waals surface area (Å²) in [4.78, 5) is 37.1. The second-order valence-corrected chi connectivity index (χ2v) is 10.3. The lowest BCUT2D eigenvalue weighted by Crippen LogP contribution is -2.53. The first-order valence-electron chi connectivity index (χ1n) is 11.0. The van der Waals surface area contributed by atoms with E-state index in [1.54, 1.807) is 6.07 Å². The minimum absolute atomic E-state index is 0. The zero-order valence-electron chi connectivity index (χ0n) is 18.3. The molecule has 0 spiro atoms. The maximum Gasteiger partial charge on any atom is 0.280 e. The van der Waals surface area contributed by atoms with Crippen LogP contribution in [0.2, 0.25) is 5.02 Å². The quantitative estimate of drug-likeness (QED) is 0.494. The van der Waals surface area contributed by atoms with Crippen molar-refractivity contribution in [3.8, 4) is 0 Å². The summed E-state index contributed by atoms with van der Waals surface area (Å²) in [6.07, 6.45) is 4.61. The third-order valence-electron chi connectivity index (χ3n) is 6.34. The Bertz CT molecular complexity index is 1180. The van der Waals surface area contributed by atoms with Crippen LogP contribution in [0.15, 0.2) is 24.3 Å². The molecule has 2 amide bonds. The van der Waals surface area contributed by atoms with Crippen LogP contribution in [0, 0.1) is 0 Å². The van der Waals surface area contributed by atoms with Gasteiger partial charge in [-0.05, 0) is 44.2 Å². The third-order valence-corrected chi connectivity index (χ3v) is 7.66. The minimum Gasteiger partial charge on any atom is -0.351 e. The molecule has 1 fully saturated rings. The predicted molar refractivity (Wildman–Crippen MR) is 134 cm³/mol. The SMILES string of the molecule is CN1CCc2nc(C(=O)N[C@H]3CCCC[C@H]3NC(=O)c3cc4cc(Cl)ccc4[nH]3)sc2C1.Cl. The molecule has 1 aliphatic carbocycles. The first-order chi connectivity index (χ1) is 15.5. The van der Waals surface area contributed by atoms with Crippen molar-refractivity contribution in [2.75, 3.05) is 13.6 Å². The molecule has 7 nitrogen and oxygen atoms in total. The van der Waals surface area contributed by atoms with E-state index in [4.69, 9.17) is 11.6 Å². The van der Waals surface area contributed by atoms with Gasteiger partial charge in [0, 0.05) is 52.4 Å². The lowest BCUT2D eigenvalue weighted by Gasteiger charge is -2.32. The van der Waals surface area contributed by atoms with E-state index in [9.17, 15) is 9.59 Å². The Kier molecular flexibility index (Phi) is 7.28. The Hall–Kier alpha value is -2.13. The number of nitrogens with one attached hydrogen (secondary N) is 3. The van der Waals surface area contributed by atoms with Gasteiger partial charge in [-0.2, -0.15) is 0 Å². The summed E-state index contributed by atoms with van der Waals surface area (Å²) in [5.74, 6) is -0.310. The normalized spacial score (nSPS) is 20.7. The molecule has 2 aromatic heterocycles. The molecule has 0 bridgehead atoms. The molecule has 1 saturated carbocycles. The lowest BCUT2D eigenvalue weighted by molar-refractivity contribution is 0.0860. The largest absolute Gasteiger partial charge is 0.351 e. The van der Waals surface area contributed by atoms with Gasteiger partial charge in [-0.3, -0.25) is 9.59 Å². The summed E-state index contributed by atoms with van der Waals surface area (Å²) < 4.78 is 0. The molecule has 3 heterocycles. The minimum atomic E-state index is -0.170. The van der Waals surface area contributed by atoms with Crippen LogP contribution in [-0.2, 0) is 13.0 Å². The predicted octanol–water partition coefficient (Wildman–Crippen LogP) is 4.16. The molecule has 2 atom stereocenters. The number of benzene rings is 1. The number of hydrogen-bond donors (Lipinski definition) is 3. The van der Waals surface area contributed by atoms with Gasteiger partial charge < -0.3 is 20.5 Å². The van der Waals surface area contributed by atoms with Crippen LogP contribution in [0.5, 0.6) is 0 Å². The van der Waals surface area contributed by atoms with Gasteiger partial charge in [-0.15, -0.1) is 23.7 Å². The van der Waals surface area contributed by atoms with E-state index in [0.29, 0.717) is 15.7 Å². The number of thiazole rings is 1. The van der Waals surface area contributed by atoms with Crippen molar-refractivity contribution in [2.24, 2.45) is 0 Å². The molecule has 0 radical (unpaired) electrons. The second-order valence-electron chi connectivity index (χ2n) is 8.74. The fourth-order valence-corrected chi connectivity index (χ4v) is 5.87. The smallest absolute Gasteiger partial charge is 0.280 e. The Morgan fingerprint density at radius 2 is 1.88 bits per heavy atom. The van der Waals surface area contributed by atoms with E-state index in [1.807, 2.05) is 18.2 Å². The van der Waals surface area contributed by atoms with Gasteiger partial charge in [0.05, 0.1) is 5.69 Å². The van der Waals surface area contributed by atoms with Crippen LogP contribution >= 0.6 is 35.3 Å². The Morgan fingerprint density at radius 3 is 2.64 bits per heavy atom. The zero-order valence-corrected chi connectivity index (χ0v) is 20.7. The Balaban J connectivity index is 0.00000259. The van der Waals surface area contributed by atoms with Crippen molar-refractivity contribution >= 4 is 58.1 Å². The number of halogens is 2. The number of carbonyl (C=O) groups is 2. The molecule has 1 aliphatic heterocycles. The molecule has 3 aromatic rings. The van der Waals surface area contributed by atoms with Crippen molar-refractivity contribution in [1.82, 2.24) is 25.5 Å². The maximum absolute atomic E-state index is 13.0. The molecule has 0 unspecified atom stereocenters. The average Bonchev–Trinajstić information content (AvgIpc) is 3.38. The van der Waals surface area contributed by atoms with Crippen molar-refractivity contribution in [2.45, 2.75) is 50.7 Å². The van der Waals surface area contributed by atoms with Gasteiger partial charge in [-0.25, -0.2) is 4.98 Å². The summed E-state index contributed by atoms with van der Waals surface area (Å²) >= 11 is 7.54. The third kappa shape index (κ3) is 5.19. The summed E-state index contributed by atoms with van der Waals surface area (Å²) in [6, 6.07) is 7.08. The molecule has 5 rings (SSSR count). The number of likely N-dealkylation sites (N-methyl/N-ethyl adjacent to an activating group) is 1. The van der Waals surface area contributed by atoms with Crippen LogP contribution in [0.25, 0.3) is 10.9 Å². The van der Waals surface area contributed by atoms with E-state index in [0.717, 1.165) is 61.8 Å². The topological polar surface area (TPSA) is 90.1 Å². The van der Waals surface area contributed by atoms with Gasteiger partial charge >= 0.3 is 0 Å². The van der Waals surface area contributed by atoms with E-state index < -0.39 is 0 Å². The molecule has 3 N–H and O–H groups in total. The second kappa shape index (κ2) is 10.0. The number of fused-ring (bicyclic) bond motifs is 2. The Morgan fingerprint density at radius 1 is 1.15 bits per heavy atom. The highest BCUT2D eigenvalue weighted by atomic mass is 35.5. The Labute approximate surface area is 207 Å². The molecular formula is C23H27Cl2N5O2S. The van der Waals surface area contributed by atoms with Crippen molar-refractivity contribution in [3.05, 3.63) is 50.6 Å². The molecule has 10 heteroatoms. The van der Waals surface area contributed by atoms with Gasteiger partial charge in [0.1, 0.15) is 5.69 Å². The fourth-order valence-electron chi connectivity index (χ4n) is 4.60. The summed E-state index contributed by atoms with van der Waals surface area (Å²) in [7, 11) is 2.08. The number of aromatic nitrogens is 2. The number of rotatable bonds is 4. The van der Waals surface area contributed by atoms with Crippen molar-refractivity contribution < 1.29 is 9.59 Å². The van der Waals surface area contributed by atoms with Crippen LogP contribution in [0.1, 0.15) is 56.5 Å². The standard InChI is InChI=1S/C23H26ClN5O2S.ClH/c1-29-9-8-18-20(12-29)32-23(28-18)22(31)27-17-5-3-2-4-16(17)26-21(30)19-11-13-10-14(24)6-7-15(13)25-19;/h6-7,10-11,16-17,25H,2-5,8-9,12H2,1H3,(H,26,30)(H,27,31);1H/t16-,17+;/m1./s1. The van der Waals surface area contributed by atoms with Crippen LogP contribution in [-0.4, -0.2) is 52.4 Å². The zero-order chi connectivity index (χ0) is 22.2. The highest BCUT2D eigenvalue weighted by Crippen LogP contribution is 2.26. The number of carbonyl (C=O) groups excluding carboxylic acids is 2. The van der Waals surface area contributed by atoms with Crippen LogP contribution < -0.4 is 10.6 Å². The maximum atomic E-state index is 13.0. The molecular weight excluding hydrogens is 481 g/mol. The van der Waals surface area contributed by atoms with Gasteiger partial charge in [-0.1, -0.05) is 24.4 Å². The van der Waals surface area contributed by atoms with E-state index in [-0.39, 0.29) is 36.3 Å². The fraction of sp³-hybridized carbons (Fsp3) is 0.435. The number of H-pyrrole nitrogens is 1.